The third kappa shape index (κ3) is 2.02. The molecule has 1 fully saturated rings. The molecule has 0 amide bonds. The lowest BCUT2D eigenvalue weighted by molar-refractivity contribution is -0.162. The van der Waals surface area contributed by atoms with E-state index in [1.807, 2.05) is 0 Å². The number of hydrogen-bond donors (Lipinski definition) is 2. The number of aliphatic hydroxyl groups is 1. The van der Waals surface area contributed by atoms with Gasteiger partial charge in [0, 0.05) is 0 Å². The van der Waals surface area contributed by atoms with Gasteiger partial charge in [-0.05, 0) is 31.6 Å². The van der Waals surface area contributed by atoms with E-state index in [0.29, 0.717) is 5.92 Å². The van der Waals surface area contributed by atoms with Crippen molar-refractivity contribution in [2.45, 2.75) is 45.1 Å². The van der Waals surface area contributed by atoms with Crippen molar-refractivity contribution in [3.05, 3.63) is 0 Å². The van der Waals surface area contributed by atoms with Gasteiger partial charge < -0.3 is 10.2 Å². The average molecular weight is 186 g/mol. The summed E-state index contributed by atoms with van der Waals surface area (Å²) in [4.78, 5) is 10.8. The van der Waals surface area contributed by atoms with Gasteiger partial charge in [0.15, 0.2) is 5.60 Å². The summed E-state index contributed by atoms with van der Waals surface area (Å²) in [5.41, 5.74) is -1.52. The molecule has 0 aromatic heterocycles. The molecule has 0 aliphatic heterocycles. The van der Waals surface area contributed by atoms with Gasteiger partial charge in [-0.1, -0.05) is 19.8 Å². The Hall–Kier alpha value is -0.570. The Morgan fingerprint density at radius 3 is 2.54 bits per heavy atom. The predicted octanol–water partition coefficient (Wildman–Crippen LogP) is 1.65. The van der Waals surface area contributed by atoms with E-state index in [1.54, 1.807) is 0 Å². The fourth-order valence-electron chi connectivity index (χ4n) is 2.13. The summed E-state index contributed by atoms with van der Waals surface area (Å²) in [5, 5.41) is 18.5. The van der Waals surface area contributed by atoms with Crippen molar-refractivity contribution < 1.29 is 15.0 Å². The molecule has 1 aliphatic rings. The monoisotopic (exact) mass is 186 g/mol. The number of rotatable bonds is 3. The lowest BCUT2D eigenvalue weighted by atomic mass is 9.87. The zero-order valence-corrected chi connectivity index (χ0v) is 8.29. The van der Waals surface area contributed by atoms with Crippen molar-refractivity contribution in [3.63, 3.8) is 0 Å². The third-order valence-electron chi connectivity index (χ3n) is 3.35. The van der Waals surface area contributed by atoms with Crippen LogP contribution in [0.3, 0.4) is 0 Å². The van der Waals surface area contributed by atoms with Crippen molar-refractivity contribution >= 4 is 5.97 Å². The highest BCUT2D eigenvalue weighted by Crippen LogP contribution is 2.39. The van der Waals surface area contributed by atoms with Gasteiger partial charge in [-0.15, -0.1) is 0 Å². The Kier molecular flexibility index (Phi) is 2.96. The van der Waals surface area contributed by atoms with Crippen LogP contribution >= 0.6 is 0 Å². The molecule has 0 heterocycles. The molecule has 3 nitrogen and oxygen atoms in total. The summed E-state index contributed by atoms with van der Waals surface area (Å²) in [5.74, 6) is -0.542. The molecule has 0 radical (unpaired) electrons. The fraction of sp³-hybridized carbons (Fsp3) is 0.900. The predicted molar refractivity (Wildman–Crippen MR) is 49.4 cm³/mol. The van der Waals surface area contributed by atoms with Gasteiger partial charge in [-0.2, -0.15) is 0 Å². The normalized spacial score (nSPS) is 32.8. The molecule has 3 heteroatoms. The largest absolute Gasteiger partial charge is 0.479 e. The van der Waals surface area contributed by atoms with Gasteiger partial charge in [0.05, 0.1) is 0 Å². The highest BCUT2D eigenvalue weighted by molar-refractivity contribution is 5.77. The van der Waals surface area contributed by atoms with Gasteiger partial charge in [-0.3, -0.25) is 0 Å². The lowest BCUT2D eigenvalue weighted by Crippen LogP contribution is -2.41. The van der Waals surface area contributed by atoms with E-state index in [1.165, 1.54) is 6.92 Å². The first-order chi connectivity index (χ1) is 5.98. The van der Waals surface area contributed by atoms with Gasteiger partial charge >= 0.3 is 5.97 Å². The first kappa shape index (κ1) is 10.5. The Balaban J connectivity index is 2.59. The van der Waals surface area contributed by atoms with Crippen LogP contribution in [0.4, 0.5) is 0 Å². The van der Waals surface area contributed by atoms with E-state index in [0.717, 1.165) is 25.7 Å². The van der Waals surface area contributed by atoms with E-state index in [9.17, 15) is 9.90 Å². The van der Waals surface area contributed by atoms with Crippen LogP contribution in [0.15, 0.2) is 0 Å². The Bertz CT molecular complexity index is 198. The third-order valence-corrected chi connectivity index (χ3v) is 3.35. The second-order valence-corrected chi connectivity index (χ2v) is 4.24. The zero-order valence-electron chi connectivity index (χ0n) is 8.29. The van der Waals surface area contributed by atoms with Crippen molar-refractivity contribution in [1.29, 1.82) is 0 Å². The molecule has 1 aliphatic carbocycles. The number of carboxylic acids is 1. The standard InChI is InChI=1S/C10H18O3/c1-3-7-4-5-8(6-7)10(2,13)9(11)12/h7-8,13H,3-6H2,1-2H3,(H,11,12). The summed E-state index contributed by atoms with van der Waals surface area (Å²) >= 11 is 0. The number of hydrogen-bond acceptors (Lipinski definition) is 2. The van der Waals surface area contributed by atoms with E-state index in [2.05, 4.69) is 6.92 Å². The molecular weight excluding hydrogens is 168 g/mol. The summed E-state index contributed by atoms with van der Waals surface area (Å²) < 4.78 is 0. The highest BCUT2D eigenvalue weighted by atomic mass is 16.4. The van der Waals surface area contributed by atoms with E-state index in [4.69, 9.17) is 5.11 Å². The second kappa shape index (κ2) is 3.66. The number of aliphatic carboxylic acids is 1. The summed E-state index contributed by atoms with van der Waals surface area (Å²) in [6, 6.07) is 0. The molecule has 0 spiro atoms. The van der Waals surface area contributed by atoms with Crippen molar-refractivity contribution in [3.8, 4) is 0 Å². The molecule has 0 aromatic carbocycles. The summed E-state index contributed by atoms with van der Waals surface area (Å²) in [7, 11) is 0. The van der Waals surface area contributed by atoms with Crippen molar-refractivity contribution in [2.24, 2.45) is 11.8 Å². The maximum atomic E-state index is 10.8. The Morgan fingerprint density at radius 1 is 1.54 bits per heavy atom. The van der Waals surface area contributed by atoms with Crippen LogP contribution in [0.5, 0.6) is 0 Å². The van der Waals surface area contributed by atoms with Gasteiger partial charge in [0.25, 0.3) is 0 Å². The summed E-state index contributed by atoms with van der Waals surface area (Å²) in [6.07, 6.45) is 3.85. The molecule has 13 heavy (non-hydrogen) atoms. The second-order valence-electron chi connectivity index (χ2n) is 4.24. The molecule has 2 N–H and O–H groups in total. The molecular formula is C10H18O3. The van der Waals surface area contributed by atoms with Crippen LogP contribution in [-0.2, 0) is 4.79 Å². The highest BCUT2D eigenvalue weighted by Gasteiger charge is 2.42. The minimum Gasteiger partial charge on any atom is -0.479 e. The SMILES string of the molecule is CCC1CCC(C(C)(O)C(=O)O)C1. The maximum Gasteiger partial charge on any atom is 0.335 e. The van der Waals surface area contributed by atoms with Gasteiger partial charge in [0.2, 0.25) is 0 Å². The fourth-order valence-corrected chi connectivity index (χ4v) is 2.13. The van der Waals surface area contributed by atoms with Crippen molar-refractivity contribution in [2.75, 3.05) is 0 Å². The van der Waals surface area contributed by atoms with Crippen LogP contribution < -0.4 is 0 Å². The van der Waals surface area contributed by atoms with Crippen LogP contribution in [0.25, 0.3) is 0 Å². The van der Waals surface area contributed by atoms with Crippen LogP contribution in [0.2, 0.25) is 0 Å². The van der Waals surface area contributed by atoms with Gasteiger partial charge in [0.1, 0.15) is 0 Å². The van der Waals surface area contributed by atoms with Gasteiger partial charge in [-0.25, -0.2) is 4.79 Å². The molecule has 0 saturated heterocycles. The minimum atomic E-state index is -1.52. The average Bonchev–Trinajstić information content (AvgIpc) is 2.51. The molecule has 1 rings (SSSR count). The Morgan fingerprint density at radius 2 is 2.15 bits per heavy atom. The smallest absolute Gasteiger partial charge is 0.335 e. The number of carbonyl (C=O) groups is 1. The Labute approximate surface area is 78.8 Å². The van der Waals surface area contributed by atoms with Crippen LogP contribution in [0.1, 0.15) is 39.5 Å². The quantitative estimate of drug-likeness (QED) is 0.704. The topological polar surface area (TPSA) is 57.5 Å². The van der Waals surface area contributed by atoms with Crippen LogP contribution in [0, 0.1) is 11.8 Å². The van der Waals surface area contributed by atoms with Crippen molar-refractivity contribution in [1.82, 2.24) is 0 Å². The van der Waals surface area contributed by atoms with E-state index in [-0.39, 0.29) is 5.92 Å². The molecule has 0 aromatic rings. The maximum absolute atomic E-state index is 10.8. The molecule has 1 saturated carbocycles. The molecule has 3 atom stereocenters. The molecule has 3 unspecified atom stereocenters. The zero-order chi connectivity index (χ0) is 10.1. The lowest BCUT2D eigenvalue weighted by Gasteiger charge is -2.25. The molecule has 0 bridgehead atoms. The first-order valence-electron chi connectivity index (χ1n) is 4.94. The van der Waals surface area contributed by atoms with E-state index >= 15 is 0 Å². The first-order valence-corrected chi connectivity index (χ1v) is 4.94. The summed E-state index contributed by atoms with van der Waals surface area (Å²) in [6.45, 7) is 3.53. The van der Waals surface area contributed by atoms with E-state index < -0.39 is 11.6 Å². The number of carboxylic acid groups (broad SMARTS) is 1. The van der Waals surface area contributed by atoms with Crippen LogP contribution in [-0.4, -0.2) is 21.8 Å². The minimum absolute atomic E-state index is 0.0602. The molecule has 76 valence electrons.